The molecule has 2 aromatic heterocycles. The average Bonchev–Trinajstić information content (AvgIpc) is 3.41. The van der Waals surface area contributed by atoms with Crippen molar-refractivity contribution >= 4 is 40.3 Å². The number of urea groups is 1. The lowest BCUT2D eigenvalue weighted by molar-refractivity contribution is 0.0370. The highest BCUT2D eigenvalue weighted by Crippen LogP contribution is 2.18. The molecule has 0 aliphatic carbocycles. The van der Waals surface area contributed by atoms with E-state index >= 15 is 0 Å². The normalized spacial score (nSPS) is 13.8. The topological polar surface area (TPSA) is 113 Å². The third-order valence-electron chi connectivity index (χ3n) is 5.96. The van der Waals surface area contributed by atoms with Crippen LogP contribution in [0.3, 0.4) is 0 Å². The highest BCUT2D eigenvalue weighted by Gasteiger charge is 2.17. The van der Waals surface area contributed by atoms with Gasteiger partial charge in [-0.05, 0) is 54.6 Å². The third-order valence-corrected chi connectivity index (χ3v) is 6.64. The van der Waals surface area contributed by atoms with Crippen LogP contribution in [-0.4, -0.2) is 66.1 Å². The van der Waals surface area contributed by atoms with Crippen LogP contribution >= 0.6 is 11.3 Å². The largest absolute Gasteiger partial charge is 0.397 e. The van der Waals surface area contributed by atoms with Crippen LogP contribution < -0.4 is 16.4 Å². The minimum absolute atomic E-state index is 0.152. The molecule has 1 fully saturated rings. The number of hydrogen-bond donors (Lipinski definition) is 3. The van der Waals surface area contributed by atoms with Crippen molar-refractivity contribution in [3.05, 3.63) is 70.7 Å². The van der Waals surface area contributed by atoms with E-state index in [-0.39, 0.29) is 17.6 Å². The maximum absolute atomic E-state index is 13.0. The number of carbonyl (C=O) groups is 2. The number of benzene rings is 1. The molecular formula is C26H32N6O3S. The van der Waals surface area contributed by atoms with E-state index in [9.17, 15) is 9.59 Å². The fraction of sp³-hybridized carbons (Fsp3) is 0.346. The average molecular weight is 509 g/mol. The molecular weight excluding hydrogens is 476 g/mol. The van der Waals surface area contributed by atoms with Crippen molar-refractivity contribution < 1.29 is 14.3 Å². The van der Waals surface area contributed by atoms with Crippen LogP contribution in [0.4, 0.5) is 21.9 Å². The standard InChI is InChI=1S/C26H32N6O3S/c27-22-5-1-2-6-23(22)30-25(33)24-8-7-20(17-28-24)18-32(26(34)29-21-9-16-36-19-21)11-4-3-10-31-12-14-35-15-13-31/h1-2,5-9,16-17,19H,3-4,10-15,18,27H2,(H,29,34)(H,30,33). The van der Waals surface area contributed by atoms with Crippen molar-refractivity contribution in [1.29, 1.82) is 0 Å². The van der Waals surface area contributed by atoms with E-state index in [0.717, 1.165) is 56.9 Å². The number of nitrogens with one attached hydrogen (secondary N) is 2. The number of morpholine rings is 1. The van der Waals surface area contributed by atoms with Gasteiger partial charge in [0.25, 0.3) is 5.91 Å². The predicted octanol–water partition coefficient (Wildman–Crippen LogP) is 4.12. The molecule has 190 valence electrons. The number of thiophene rings is 1. The molecule has 0 spiro atoms. The summed E-state index contributed by atoms with van der Waals surface area (Å²) in [6, 6.07) is 12.3. The number of anilines is 3. The Morgan fingerprint density at radius 2 is 1.92 bits per heavy atom. The summed E-state index contributed by atoms with van der Waals surface area (Å²) in [5.41, 5.74) is 8.85. The highest BCUT2D eigenvalue weighted by atomic mass is 32.1. The zero-order chi connectivity index (χ0) is 25.2. The van der Waals surface area contributed by atoms with E-state index < -0.39 is 0 Å². The van der Waals surface area contributed by atoms with Gasteiger partial charge in [-0.15, -0.1) is 0 Å². The maximum Gasteiger partial charge on any atom is 0.322 e. The van der Waals surface area contributed by atoms with Gasteiger partial charge in [-0.2, -0.15) is 11.3 Å². The Bertz CT molecular complexity index is 1120. The number of hydrogen-bond acceptors (Lipinski definition) is 7. The number of aromatic nitrogens is 1. The van der Waals surface area contributed by atoms with Crippen molar-refractivity contribution in [3.63, 3.8) is 0 Å². The number of nitrogen functional groups attached to an aromatic ring is 1. The minimum atomic E-state index is -0.338. The molecule has 10 heteroatoms. The molecule has 1 aliphatic rings. The molecule has 3 aromatic rings. The van der Waals surface area contributed by atoms with Gasteiger partial charge in [0.1, 0.15) is 5.69 Å². The van der Waals surface area contributed by atoms with Crippen LogP contribution in [0.1, 0.15) is 28.9 Å². The minimum Gasteiger partial charge on any atom is -0.397 e. The molecule has 1 aromatic carbocycles. The lowest BCUT2D eigenvalue weighted by atomic mass is 10.2. The van der Waals surface area contributed by atoms with Gasteiger partial charge in [0.2, 0.25) is 0 Å². The van der Waals surface area contributed by atoms with Crippen molar-refractivity contribution in [1.82, 2.24) is 14.8 Å². The van der Waals surface area contributed by atoms with Gasteiger partial charge in [0, 0.05) is 37.8 Å². The SMILES string of the molecule is Nc1ccccc1NC(=O)c1ccc(CN(CCCCN2CCOCC2)C(=O)Nc2ccsc2)cn1. The maximum atomic E-state index is 13.0. The lowest BCUT2D eigenvalue weighted by Gasteiger charge is -2.27. The van der Waals surface area contributed by atoms with Crippen LogP contribution in [0.2, 0.25) is 0 Å². The van der Waals surface area contributed by atoms with Gasteiger partial charge in [-0.25, -0.2) is 4.79 Å². The van der Waals surface area contributed by atoms with E-state index in [1.54, 1.807) is 41.4 Å². The molecule has 3 amide bonds. The third kappa shape index (κ3) is 7.51. The quantitative estimate of drug-likeness (QED) is 0.280. The van der Waals surface area contributed by atoms with E-state index in [4.69, 9.17) is 10.5 Å². The van der Waals surface area contributed by atoms with Gasteiger partial charge < -0.3 is 26.0 Å². The summed E-state index contributed by atoms with van der Waals surface area (Å²) in [7, 11) is 0. The van der Waals surface area contributed by atoms with Crippen LogP contribution in [0.15, 0.2) is 59.4 Å². The lowest BCUT2D eigenvalue weighted by Crippen LogP contribution is -2.38. The van der Waals surface area contributed by atoms with Gasteiger partial charge in [0.15, 0.2) is 0 Å². The monoisotopic (exact) mass is 508 g/mol. The fourth-order valence-electron chi connectivity index (χ4n) is 3.92. The number of para-hydroxylation sites is 2. The van der Waals surface area contributed by atoms with Crippen LogP contribution in [0.25, 0.3) is 0 Å². The van der Waals surface area contributed by atoms with Gasteiger partial charge >= 0.3 is 6.03 Å². The summed E-state index contributed by atoms with van der Waals surface area (Å²) in [5, 5.41) is 9.58. The smallest absolute Gasteiger partial charge is 0.322 e. The Balaban J connectivity index is 1.35. The first-order valence-electron chi connectivity index (χ1n) is 12.1. The van der Waals surface area contributed by atoms with Crippen LogP contribution in [0, 0.1) is 0 Å². The summed E-state index contributed by atoms with van der Waals surface area (Å²) in [6.07, 6.45) is 3.53. The Labute approximate surface area is 215 Å². The molecule has 1 aliphatic heterocycles. The first kappa shape index (κ1) is 25.6. The Kier molecular flexibility index (Phi) is 9.26. The summed E-state index contributed by atoms with van der Waals surface area (Å²) in [6.45, 7) is 5.52. The second kappa shape index (κ2) is 13.0. The van der Waals surface area contributed by atoms with Gasteiger partial charge in [0.05, 0.1) is 30.3 Å². The van der Waals surface area contributed by atoms with E-state index in [1.165, 1.54) is 11.3 Å². The number of nitrogens with zero attached hydrogens (tertiary/aromatic N) is 3. The molecule has 0 unspecified atom stereocenters. The molecule has 0 atom stereocenters. The number of amides is 3. The Hall–Kier alpha value is -3.47. The summed E-state index contributed by atoms with van der Waals surface area (Å²) < 4.78 is 5.41. The molecule has 4 rings (SSSR count). The van der Waals surface area contributed by atoms with Crippen molar-refractivity contribution in [2.24, 2.45) is 0 Å². The predicted molar refractivity (Wildman–Crippen MR) is 143 cm³/mol. The Morgan fingerprint density at radius 3 is 2.64 bits per heavy atom. The van der Waals surface area contributed by atoms with Crippen LogP contribution in [0.5, 0.6) is 0 Å². The van der Waals surface area contributed by atoms with E-state index in [2.05, 4.69) is 20.5 Å². The number of rotatable bonds is 10. The number of ether oxygens (including phenoxy) is 1. The second-order valence-electron chi connectivity index (χ2n) is 8.62. The first-order chi connectivity index (χ1) is 17.6. The molecule has 0 saturated carbocycles. The molecule has 0 bridgehead atoms. The van der Waals surface area contributed by atoms with E-state index in [0.29, 0.717) is 24.5 Å². The fourth-order valence-corrected chi connectivity index (χ4v) is 4.51. The molecule has 0 radical (unpaired) electrons. The number of pyridine rings is 1. The zero-order valence-electron chi connectivity index (χ0n) is 20.2. The van der Waals surface area contributed by atoms with Crippen molar-refractivity contribution in [2.75, 3.05) is 55.8 Å². The number of unbranched alkanes of at least 4 members (excludes halogenated alkanes) is 1. The molecule has 3 heterocycles. The molecule has 36 heavy (non-hydrogen) atoms. The number of carbonyl (C=O) groups excluding carboxylic acids is 2. The number of nitrogens with two attached hydrogens (primary N) is 1. The molecule has 9 nitrogen and oxygen atoms in total. The van der Waals surface area contributed by atoms with E-state index in [1.807, 2.05) is 22.9 Å². The summed E-state index contributed by atoms with van der Waals surface area (Å²) >= 11 is 1.54. The van der Waals surface area contributed by atoms with Crippen LogP contribution in [-0.2, 0) is 11.3 Å². The summed E-state index contributed by atoms with van der Waals surface area (Å²) in [4.78, 5) is 34.1. The zero-order valence-corrected chi connectivity index (χ0v) is 21.0. The first-order valence-corrected chi connectivity index (χ1v) is 13.0. The van der Waals surface area contributed by atoms with Crippen molar-refractivity contribution in [3.8, 4) is 0 Å². The second-order valence-corrected chi connectivity index (χ2v) is 9.40. The van der Waals surface area contributed by atoms with Crippen molar-refractivity contribution in [2.45, 2.75) is 19.4 Å². The molecule has 4 N–H and O–H groups in total. The highest BCUT2D eigenvalue weighted by molar-refractivity contribution is 7.08. The summed E-state index contributed by atoms with van der Waals surface area (Å²) in [5.74, 6) is -0.338. The molecule has 1 saturated heterocycles. The van der Waals surface area contributed by atoms with Gasteiger partial charge in [-0.1, -0.05) is 18.2 Å². The Morgan fingerprint density at radius 1 is 1.08 bits per heavy atom. The van der Waals surface area contributed by atoms with Gasteiger partial charge in [-0.3, -0.25) is 14.7 Å².